The number of aryl methyl sites for hydroxylation is 2. The monoisotopic (exact) mass is 606 g/mol. The minimum Gasteiger partial charge on any atom is -0.493 e. The smallest absolute Gasteiger partial charge is 0.266 e. The molecule has 0 aliphatic heterocycles. The Morgan fingerprint density at radius 3 is 2.47 bits per heavy atom. The molecule has 0 aromatic heterocycles. The number of anilines is 1. The van der Waals surface area contributed by atoms with Crippen molar-refractivity contribution in [3.05, 3.63) is 90.0 Å². The number of hydrogen-bond donors (Lipinski definition) is 1. The van der Waals surface area contributed by atoms with Crippen molar-refractivity contribution in [1.82, 2.24) is 0 Å². The predicted octanol–water partition coefficient (Wildman–Crippen LogP) is 7.35. The van der Waals surface area contributed by atoms with Gasteiger partial charge in [0.25, 0.3) is 5.91 Å². The Kier molecular flexibility index (Phi) is 8.84. The van der Waals surface area contributed by atoms with E-state index < -0.39 is 5.91 Å². The molecule has 0 bridgehead atoms. The van der Waals surface area contributed by atoms with E-state index in [2.05, 4.69) is 27.9 Å². The van der Waals surface area contributed by atoms with Gasteiger partial charge in [-0.25, -0.2) is 0 Å². The number of hydrogen-bond acceptors (Lipinski definition) is 4. The molecule has 1 amide bonds. The van der Waals surface area contributed by atoms with Gasteiger partial charge in [0.15, 0.2) is 11.5 Å². The van der Waals surface area contributed by atoms with Gasteiger partial charge in [-0.3, -0.25) is 4.79 Å². The van der Waals surface area contributed by atoms with Gasteiger partial charge in [0, 0.05) is 21.3 Å². The summed E-state index contributed by atoms with van der Waals surface area (Å²) in [6.07, 6.45) is 1.52. The average molecular weight is 607 g/mol. The molecule has 174 valence electrons. The number of nitrogens with zero attached hydrogens (tertiary/aromatic N) is 1. The highest BCUT2D eigenvalue weighted by molar-refractivity contribution is 14.1. The molecule has 0 saturated carbocycles. The summed E-state index contributed by atoms with van der Waals surface area (Å²) in [6.45, 7) is 4.03. The van der Waals surface area contributed by atoms with Crippen LogP contribution < -0.4 is 14.8 Å². The van der Waals surface area contributed by atoms with Crippen molar-refractivity contribution in [2.24, 2.45) is 0 Å². The van der Waals surface area contributed by atoms with Crippen molar-refractivity contribution in [3.8, 4) is 17.6 Å². The van der Waals surface area contributed by atoms with E-state index in [0.717, 1.165) is 20.3 Å². The second-order valence-electron chi connectivity index (χ2n) is 7.45. The summed E-state index contributed by atoms with van der Waals surface area (Å²) in [5, 5.41) is 13.5. The molecule has 34 heavy (non-hydrogen) atoms. The highest BCUT2D eigenvalue weighted by atomic mass is 127. The number of ether oxygens (including phenoxy) is 2. The summed E-state index contributed by atoms with van der Waals surface area (Å²) in [5.74, 6) is 0.520. The number of halogens is 3. The number of para-hydroxylation sites is 1. The third-order valence-corrected chi connectivity index (χ3v) is 6.42. The van der Waals surface area contributed by atoms with Gasteiger partial charge in [-0.1, -0.05) is 47.5 Å². The first-order valence-corrected chi connectivity index (χ1v) is 12.0. The van der Waals surface area contributed by atoms with Gasteiger partial charge in [-0.15, -0.1) is 0 Å². The Balaban J connectivity index is 1.85. The van der Waals surface area contributed by atoms with Crippen LogP contribution in [0.3, 0.4) is 0 Å². The van der Waals surface area contributed by atoms with Crippen LogP contribution in [0.2, 0.25) is 10.0 Å². The van der Waals surface area contributed by atoms with E-state index >= 15 is 0 Å². The number of nitrogens with one attached hydrogen (secondary N) is 1. The Morgan fingerprint density at radius 2 is 1.85 bits per heavy atom. The highest BCUT2D eigenvalue weighted by Crippen LogP contribution is 2.36. The summed E-state index contributed by atoms with van der Waals surface area (Å²) in [7, 11) is 1.53. The van der Waals surface area contributed by atoms with Crippen LogP contribution in [-0.4, -0.2) is 13.0 Å². The van der Waals surface area contributed by atoms with Gasteiger partial charge in [-0.05, 0) is 83.5 Å². The Hall–Kier alpha value is -2.73. The molecule has 5 nitrogen and oxygen atoms in total. The van der Waals surface area contributed by atoms with Crippen molar-refractivity contribution >= 4 is 63.5 Å². The topological polar surface area (TPSA) is 71.3 Å². The molecule has 0 aliphatic rings. The van der Waals surface area contributed by atoms with Crippen molar-refractivity contribution in [2.45, 2.75) is 20.5 Å². The van der Waals surface area contributed by atoms with Gasteiger partial charge in [0.05, 0.1) is 10.7 Å². The lowest BCUT2D eigenvalue weighted by Crippen LogP contribution is -2.15. The molecule has 0 atom stereocenters. The number of rotatable bonds is 7. The quantitative estimate of drug-likeness (QED) is 0.173. The molecule has 0 fully saturated rings. The second-order valence-corrected chi connectivity index (χ2v) is 9.46. The van der Waals surface area contributed by atoms with Crippen molar-refractivity contribution in [3.63, 3.8) is 0 Å². The molecule has 8 heteroatoms. The van der Waals surface area contributed by atoms with Crippen LogP contribution >= 0.6 is 45.8 Å². The zero-order chi connectivity index (χ0) is 24.8. The molecule has 0 aliphatic carbocycles. The highest BCUT2D eigenvalue weighted by Gasteiger charge is 2.16. The van der Waals surface area contributed by atoms with Crippen molar-refractivity contribution in [1.29, 1.82) is 5.26 Å². The number of carbonyl (C=O) groups is 1. The molecule has 1 N–H and O–H groups in total. The van der Waals surface area contributed by atoms with Crippen LogP contribution in [-0.2, 0) is 11.4 Å². The van der Waals surface area contributed by atoms with E-state index in [-0.39, 0.29) is 12.2 Å². The van der Waals surface area contributed by atoms with Crippen LogP contribution in [0.1, 0.15) is 22.3 Å². The molecule has 0 spiro atoms. The molecule has 0 unspecified atom stereocenters. The fourth-order valence-corrected chi connectivity index (χ4v) is 4.50. The maximum atomic E-state index is 12.8. The lowest BCUT2D eigenvalue weighted by Gasteiger charge is -2.15. The Bertz CT molecular complexity index is 1300. The van der Waals surface area contributed by atoms with Crippen LogP contribution in [0.15, 0.2) is 54.1 Å². The van der Waals surface area contributed by atoms with E-state index in [0.29, 0.717) is 32.8 Å². The summed E-state index contributed by atoms with van der Waals surface area (Å²) < 4.78 is 12.2. The van der Waals surface area contributed by atoms with Crippen molar-refractivity contribution < 1.29 is 14.3 Å². The largest absolute Gasteiger partial charge is 0.493 e. The Morgan fingerprint density at radius 1 is 1.15 bits per heavy atom. The van der Waals surface area contributed by atoms with Gasteiger partial charge in [0.2, 0.25) is 0 Å². The summed E-state index contributed by atoms with van der Waals surface area (Å²) in [4.78, 5) is 12.8. The molecule has 0 heterocycles. The number of amides is 1. The molecule has 3 aromatic rings. The standard InChI is InChI=1S/C26H21Cl2IN2O3/c1-15-5-4-6-16(2)24(15)31-26(32)19(13-30)9-17-10-22(29)25(23(11-17)33-3)34-14-18-7-8-20(27)12-21(18)28/h4-12H,14H2,1-3H3,(H,31,32)/b19-9-. The first-order valence-electron chi connectivity index (χ1n) is 10.2. The van der Waals surface area contributed by atoms with Crippen LogP contribution in [0, 0.1) is 28.7 Å². The van der Waals surface area contributed by atoms with Crippen LogP contribution in [0.25, 0.3) is 6.08 Å². The fraction of sp³-hybridized carbons (Fsp3) is 0.154. The minimum absolute atomic E-state index is 0.0258. The zero-order valence-corrected chi connectivity index (χ0v) is 22.4. The molecule has 3 aromatic carbocycles. The first-order chi connectivity index (χ1) is 16.2. The van der Waals surface area contributed by atoms with Gasteiger partial charge >= 0.3 is 0 Å². The van der Waals surface area contributed by atoms with E-state index in [1.807, 2.05) is 44.2 Å². The van der Waals surface area contributed by atoms with E-state index in [1.54, 1.807) is 24.3 Å². The normalized spacial score (nSPS) is 11.0. The number of benzene rings is 3. The third-order valence-electron chi connectivity index (χ3n) is 5.03. The molecule has 0 saturated heterocycles. The maximum absolute atomic E-state index is 12.8. The van der Waals surface area contributed by atoms with Gasteiger partial charge < -0.3 is 14.8 Å². The zero-order valence-electron chi connectivity index (χ0n) is 18.7. The lowest BCUT2D eigenvalue weighted by molar-refractivity contribution is -0.112. The van der Waals surface area contributed by atoms with E-state index in [4.69, 9.17) is 32.7 Å². The van der Waals surface area contributed by atoms with Crippen LogP contribution in [0.5, 0.6) is 11.5 Å². The summed E-state index contributed by atoms with van der Waals surface area (Å²) in [6, 6.07) is 16.4. The van der Waals surface area contributed by atoms with E-state index in [1.165, 1.54) is 13.2 Å². The predicted molar refractivity (Wildman–Crippen MR) is 145 cm³/mol. The van der Waals surface area contributed by atoms with Crippen molar-refractivity contribution in [2.75, 3.05) is 12.4 Å². The third kappa shape index (κ3) is 6.23. The van der Waals surface area contributed by atoms with E-state index in [9.17, 15) is 10.1 Å². The summed E-state index contributed by atoms with van der Waals surface area (Å²) >= 11 is 14.3. The first kappa shape index (κ1) is 25.9. The molecule has 0 radical (unpaired) electrons. The van der Waals surface area contributed by atoms with Gasteiger partial charge in [-0.2, -0.15) is 5.26 Å². The average Bonchev–Trinajstić information content (AvgIpc) is 2.79. The Labute approximate surface area is 222 Å². The fourth-order valence-electron chi connectivity index (χ4n) is 3.26. The molecule has 3 rings (SSSR count). The number of methoxy groups -OCH3 is 1. The number of carbonyl (C=O) groups excluding carboxylic acids is 1. The van der Waals surface area contributed by atoms with Crippen LogP contribution in [0.4, 0.5) is 5.69 Å². The minimum atomic E-state index is -0.480. The molecular formula is C26H21Cl2IN2O3. The second kappa shape index (κ2) is 11.6. The maximum Gasteiger partial charge on any atom is 0.266 e. The molecular weight excluding hydrogens is 586 g/mol. The van der Waals surface area contributed by atoms with Gasteiger partial charge in [0.1, 0.15) is 18.2 Å². The lowest BCUT2D eigenvalue weighted by atomic mass is 10.1. The summed E-state index contributed by atoms with van der Waals surface area (Å²) in [5.41, 5.74) is 3.93. The number of nitriles is 1. The SMILES string of the molecule is COc1cc(/C=C(/C#N)C(=O)Nc2c(C)cccc2C)cc(I)c1OCc1ccc(Cl)cc1Cl.